The van der Waals surface area contributed by atoms with Crippen LogP contribution < -0.4 is 10.6 Å². The molecule has 1 aromatic carbocycles. The van der Waals surface area contributed by atoms with E-state index in [9.17, 15) is 4.79 Å². The van der Waals surface area contributed by atoms with Crippen molar-refractivity contribution < 1.29 is 4.79 Å². The summed E-state index contributed by atoms with van der Waals surface area (Å²) in [6.07, 6.45) is 5.28. The smallest absolute Gasteiger partial charge is 0.238 e. The summed E-state index contributed by atoms with van der Waals surface area (Å²) in [5.74, 6) is 0.780. The van der Waals surface area contributed by atoms with Gasteiger partial charge in [-0.2, -0.15) is 0 Å². The van der Waals surface area contributed by atoms with Gasteiger partial charge in [-0.25, -0.2) is 0 Å². The maximum absolute atomic E-state index is 11.9. The van der Waals surface area contributed by atoms with Crippen LogP contribution in [0.4, 0.5) is 5.69 Å². The van der Waals surface area contributed by atoms with Crippen molar-refractivity contribution in [2.45, 2.75) is 45.6 Å². The molecule has 3 heteroatoms. The van der Waals surface area contributed by atoms with Gasteiger partial charge < -0.3 is 10.6 Å². The van der Waals surface area contributed by atoms with Crippen molar-refractivity contribution in [3.05, 3.63) is 29.8 Å². The van der Waals surface area contributed by atoms with E-state index >= 15 is 0 Å². The van der Waals surface area contributed by atoms with E-state index < -0.39 is 0 Å². The first-order valence-corrected chi connectivity index (χ1v) is 7.25. The summed E-state index contributed by atoms with van der Waals surface area (Å²) in [5.41, 5.74) is 2.03. The lowest BCUT2D eigenvalue weighted by Gasteiger charge is -2.20. The molecule has 1 aliphatic rings. The van der Waals surface area contributed by atoms with Gasteiger partial charge in [-0.3, -0.25) is 4.79 Å². The first-order valence-electron chi connectivity index (χ1n) is 7.25. The molecule has 0 bridgehead atoms. The van der Waals surface area contributed by atoms with Crippen molar-refractivity contribution in [2.24, 2.45) is 5.92 Å². The van der Waals surface area contributed by atoms with Crippen LogP contribution in [-0.2, 0) is 4.79 Å². The zero-order valence-corrected chi connectivity index (χ0v) is 11.9. The van der Waals surface area contributed by atoms with Crippen molar-refractivity contribution in [3.63, 3.8) is 0 Å². The standard InChI is InChI=1S/C16H24N2O/c1-12-6-5-9-15(10-12)18-16(19)11-17-13(2)14-7-3-4-8-14/h5-6,9-10,13-14,17H,3-4,7-8,11H2,1-2H3,(H,18,19)/t13-/m0/s1. The minimum atomic E-state index is 0.0375. The number of benzene rings is 1. The Kier molecular flexibility index (Phi) is 4.97. The van der Waals surface area contributed by atoms with E-state index in [1.807, 2.05) is 31.2 Å². The van der Waals surface area contributed by atoms with E-state index in [0.29, 0.717) is 12.6 Å². The van der Waals surface area contributed by atoms with Crippen LogP contribution in [0.1, 0.15) is 38.2 Å². The molecule has 0 unspecified atom stereocenters. The van der Waals surface area contributed by atoms with Crippen LogP contribution in [0.15, 0.2) is 24.3 Å². The highest BCUT2D eigenvalue weighted by Gasteiger charge is 2.21. The number of amides is 1. The fraction of sp³-hybridized carbons (Fsp3) is 0.562. The van der Waals surface area contributed by atoms with Crippen molar-refractivity contribution in [2.75, 3.05) is 11.9 Å². The molecule has 1 saturated carbocycles. The van der Waals surface area contributed by atoms with Crippen LogP contribution in [0.25, 0.3) is 0 Å². The van der Waals surface area contributed by atoms with Gasteiger partial charge in [0.05, 0.1) is 6.54 Å². The highest BCUT2D eigenvalue weighted by Crippen LogP contribution is 2.27. The first kappa shape index (κ1) is 14.1. The number of aryl methyl sites for hydroxylation is 1. The molecule has 2 rings (SSSR count). The highest BCUT2D eigenvalue weighted by atomic mass is 16.1. The zero-order chi connectivity index (χ0) is 13.7. The molecule has 0 aromatic heterocycles. The second kappa shape index (κ2) is 6.71. The molecule has 1 amide bonds. The topological polar surface area (TPSA) is 41.1 Å². The molecule has 0 saturated heterocycles. The number of carbonyl (C=O) groups excluding carboxylic acids is 1. The molecule has 0 spiro atoms. The van der Waals surface area contributed by atoms with Gasteiger partial charge >= 0.3 is 0 Å². The third-order valence-electron chi connectivity index (χ3n) is 3.99. The summed E-state index contributed by atoms with van der Waals surface area (Å²) >= 11 is 0. The summed E-state index contributed by atoms with van der Waals surface area (Å²) in [7, 11) is 0. The second-order valence-electron chi connectivity index (χ2n) is 5.63. The van der Waals surface area contributed by atoms with E-state index in [4.69, 9.17) is 0 Å². The number of hydrogen-bond donors (Lipinski definition) is 2. The predicted molar refractivity (Wildman–Crippen MR) is 79.2 cm³/mol. The van der Waals surface area contributed by atoms with Crippen LogP contribution in [-0.4, -0.2) is 18.5 Å². The lowest BCUT2D eigenvalue weighted by atomic mass is 10.00. The average Bonchev–Trinajstić information content (AvgIpc) is 2.90. The Morgan fingerprint density at radius 1 is 1.37 bits per heavy atom. The molecule has 2 N–H and O–H groups in total. The lowest BCUT2D eigenvalue weighted by Crippen LogP contribution is -2.38. The molecule has 3 nitrogen and oxygen atoms in total. The van der Waals surface area contributed by atoms with Gasteiger partial charge in [0.25, 0.3) is 0 Å². The summed E-state index contributed by atoms with van der Waals surface area (Å²) in [6.45, 7) is 4.61. The summed E-state index contributed by atoms with van der Waals surface area (Å²) < 4.78 is 0. The fourth-order valence-corrected chi connectivity index (χ4v) is 2.81. The van der Waals surface area contributed by atoms with Crippen molar-refractivity contribution in [1.82, 2.24) is 5.32 Å². The molecular formula is C16H24N2O. The van der Waals surface area contributed by atoms with E-state index in [2.05, 4.69) is 17.6 Å². The summed E-state index contributed by atoms with van der Waals surface area (Å²) in [5, 5.41) is 6.27. The van der Waals surface area contributed by atoms with E-state index in [-0.39, 0.29) is 5.91 Å². The summed E-state index contributed by atoms with van der Waals surface area (Å²) in [4.78, 5) is 11.9. The van der Waals surface area contributed by atoms with E-state index in [1.54, 1.807) is 0 Å². The fourth-order valence-electron chi connectivity index (χ4n) is 2.81. The minimum Gasteiger partial charge on any atom is -0.325 e. The molecule has 0 heterocycles. The van der Waals surface area contributed by atoms with Crippen LogP contribution >= 0.6 is 0 Å². The van der Waals surface area contributed by atoms with Gasteiger partial charge in [0.15, 0.2) is 0 Å². The van der Waals surface area contributed by atoms with Gasteiger partial charge in [0.2, 0.25) is 5.91 Å². The van der Waals surface area contributed by atoms with Crippen LogP contribution in [0.3, 0.4) is 0 Å². The van der Waals surface area contributed by atoms with Crippen molar-refractivity contribution in [1.29, 1.82) is 0 Å². The molecule has 1 fully saturated rings. The van der Waals surface area contributed by atoms with Crippen molar-refractivity contribution >= 4 is 11.6 Å². The van der Waals surface area contributed by atoms with Crippen LogP contribution in [0.5, 0.6) is 0 Å². The lowest BCUT2D eigenvalue weighted by molar-refractivity contribution is -0.115. The van der Waals surface area contributed by atoms with Crippen molar-refractivity contribution in [3.8, 4) is 0 Å². The number of rotatable bonds is 5. The molecule has 0 aliphatic heterocycles. The minimum absolute atomic E-state index is 0.0375. The summed E-state index contributed by atoms with van der Waals surface area (Å²) in [6, 6.07) is 8.32. The molecule has 104 valence electrons. The first-order chi connectivity index (χ1) is 9.15. The second-order valence-corrected chi connectivity index (χ2v) is 5.63. The monoisotopic (exact) mass is 260 g/mol. The Hall–Kier alpha value is -1.35. The SMILES string of the molecule is Cc1cccc(NC(=O)CN[C@@H](C)C2CCCC2)c1. The molecule has 19 heavy (non-hydrogen) atoms. The quantitative estimate of drug-likeness (QED) is 0.854. The Bertz CT molecular complexity index is 425. The van der Waals surface area contributed by atoms with Gasteiger partial charge in [0, 0.05) is 11.7 Å². The number of carbonyl (C=O) groups is 1. The van der Waals surface area contributed by atoms with Gasteiger partial charge in [0.1, 0.15) is 0 Å². The normalized spacial score (nSPS) is 17.4. The largest absolute Gasteiger partial charge is 0.325 e. The maximum Gasteiger partial charge on any atom is 0.238 e. The Balaban J connectivity index is 1.75. The van der Waals surface area contributed by atoms with E-state index in [0.717, 1.165) is 17.2 Å². The zero-order valence-electron chi connectivity index (χ0n) is 11.9. The Morgan fingerprint density at radius 3 is 2.79 bits per heavy atom. The maximum atomic E-state index is 11.9. The molecule has 0 radical (unpaired) electrons. The van der Waals surface area contributed by atoms with Crippen LogP contribution in [0.2, 0.25) is 0 Å². The predicted octanol–water partition coefficient (Wildman–Crippen LogP) is 3.10. The molecule has 1 atom stereocenters. The number of hydrogen-bond acceptors (Lipinski definition) is 2. The van der Waals surface area contributed by atoms with E-state index in [1.165, 1.54) is 25.7 Å². The van der Waals surface area contributed by atoms with Crippen LogP contribution in [0, 0.1) is 12.8 Å². The third-order valence-corrected chi connectivity index (χ3v) is 3.99. The third kappa shape index (κ3) is 4.35. The molecular weight excluding hydrogens is 236 g/mol. The van der Waals surface area contributed by atoms with Gasteiger partial charge in [-0.05, 0) is 50.3 Å². The molecule has 1 aliphatic carbocycles. The number of nitrogens with one attached hydrogen (secondary N) is 2. The Morgan fingerprint density at radius 2 is 2.11 bits per heavy atom. The average molecular weight is 260 g/mol. The highest BCUT2D eigenvalue weighted by molar-refractivity contribution is 5.92. The van der Waals surface area contributed by atoms with Gasteiger partial charge in [-0.15, -0.1) is 0 Å². The Labute approximate surface area is 115 Å². The van der Waals surface area contributed by atoms with Gasteiger partial charge in [-0.1, -0.05) is 25.0 Å². The number of anilines is 1. The molecule has 1 aromatic rings.